The van der Waals surface area contributed by atoms with Gasteiger partial charge in [0.15, 0.2) is 23.0 Å². The standard InChI is InChI=1S/C12H15N.C10H13NO.2C10H16.C9H12O2.C9H14O/c1-9-6-11(10(2)13-5)8-12(3,4)7-9;1-10(2)5-8(7-11-3)4-9(12)6-10;2*1-8-5-9(2)7-10(3,4)6-8;1-9(2)4-7(6-10)3-8(11)5-9;1-7-4-8(10)6-9(2,3)5-7/h6H,1-2,7-8H2,3-4H3;4H,5-7H2,1-2H3;2*5H,1,6-7H2,2-4H3;3,6H,4-5H2,1-2H3;4H,5-6H2,1-3H3. The molecule has 0 atom stereocenters. The Morgan fingerprint density at radius 1 is 0.500 bits per heavy atom. The van der Waals surface area contributed by atoms with Crippen molar-refractivity contribution in [3.05, 3.63) is 141 Å². The summed E-state index contributed by atoms with van der Waals surface area (Å²) in [6, 6.07) is 0. The first kappa shape index (κ1) is 59.1. The molecule has 0 aromatic carbocycles. The highest BCUT2D eigenvalue weighted by Gasteiger charge is 2.30. The molecule has 0 bridgehead atoms. The molecule has 0 N–H and O–H groups in total. The fourth-order valence-electron chi connectivity index (χ4n) is 10.4. The topological polar surface area (TPSA) is 77.0 Å². The van der Waals surface area contributed by atoms with Crippen LogP contribution in [-0.4, -0.2) is 30.2 Å². The summed E-state index contributed by atoms with van der Waals surface area (Å²) >= 11 is 0. The second kappa shape index (κ2) is 24.7. The van der Waals surface area contributed by atoms with E-state index in [-0.39, 0.29) is 39.0 Å². The molecule has 6 heteroatoms. The first-order valence-corrected chi connectivity index (χ1v) is 23.6. The second-order valence-electron chi connectivity index (χ2n) is 24.6. The van der Waals surface area contributed by atoms with E-state index in [0.29, 0.717) is 47.9 Å². The van der Waals surface area contributed by atoms with E-state index in [1.165, 1.54) is 46.8 Å². The third kappa shape index (κ3) is 24.5. The van der Waals surface area contributed by atoms with E-state index in [4.69, 9.17) is 13.1 Å². The summed E-state index contributed by atoms with van der Waals surface area (Å²) in [5, 5.41) is 0. The second-order valence-corrected chi connectivity index (χ2v) is 24.6. The molecule has 0 fully saturated rings. The van der Waals surface area contributed by atoms with Gasteiger partial charge in [0.1, 0.15) is 6.29 Å². The summed E-state index contributed by atoms with van der Waals surface area (Å²) in [5.74, 6) is 0.530. The first-order valence-electron chi connectivity index (χ1n) is 23.6. The van der Waals surface area contributed by atoms with Gasteiger partial charge in [-0.1, -0.05) is 161 Å². The number of hydrogen-bond acceptors (Lipinski definition) is 4. The van der Waals surface area contributed by atoms with E-state index in [0.717, 1.165) is 68.0 Å². The maximum absolute atomic E-state index is 11.2. The molecule has 0 aromatic heterocycles. The molecule has 360 valence electrons. The normalized spacial score (nSPS) is 22.7. The summed E-state index contributed by atoms with van der Waals surface area (Å²) < 4.78 is 0. The molecular formula is C60H86N2O4. The van der Waals surface area contributed by atoms with Gasteiger partial charge < -0.3 is 4.85 Å². The highest BCUT2D eigenvalue weighted by Crippen LogP contribution is 2.41. The SMILES string of the molecule is C=C1C=C(C)CC(C)(C)C1.C=C1C=C(C)CC(C)(C)C1.CC1(C)CC(=O)C=C(C=O)C1.CC1=CC(=O)CC(C)(C)C1.[C-]#[N+]C(=C)C1=CC(=C)CC(C)(C)C1.[C-]#[N+]CC1=CC(=O)CC(C)(C)C1. The van der Waals surface area contributed by atoms with Gasteiger partial charge in [0.2, 0.25) is 6.54 Å². The lowest BCUT2D eigenvalue weighted by molar-refractivity contribution is -0.118. The maximum atomic E-state index is 11.2. The van der Waals surface area contributed by atoms with E-state index in [1.54, 1.807) is 12.2 Å². The Labute approximate surface area is 402 Å². The number of allylic oxidation sites excluding steroid dienone is 14. The largest absolute Gasteiger partial charge is 0.312 e. The Kier molecular flexibility index (Phi) is 22.1. The third-order valence-electron chi connectivity index (χ3n) is 11.7. The molecule has 0 saturated heterocycles. The van der Waals surface area contributed by atoms with E-state index < -0.39 is 0 Å². The van der Waals surface area contributed by atoms with Crippen LogP contribution in [0.1, 0.15) is 181 Å². The van der Waals surface area contributed by atoms with Crippen molar-refractivity contribution in [2.24, 2.45) is 32.5 Å². The zero-order valence-corrected chi connectivity index (χ0v) is 44.1. The van der Waals surface area contributed by atoms with Crippen LogP contribution in [0.4, 0.5) is 0 Å². The van der Waals surface area contributed by atoms with Crippen molar-refractivity contribution in [3.63, 3.8) is 0 Å². The molecule has 0 amide bonds. The van der Waals surface area contributed by atoms with Crippen LogP contribution < -0.4 is 0 Å². The minimum absolute atomic E-state index is 0.0257. The molecule has 6 aliphatic carbocycles. The molecule has 6 nitrogen and oxygen atoms in total. The summed E-state index contributed by atoms with van der Waals surface area (Å²) in [4.78, 5) is 50.2. The smallest absolute Gasteiger partial charge is 0.236 e. The molecule has 6 aliphatic rings. The van der Waals surface area contributed by atoms with Gasteiger partial charge in [0.05, 0.1) is 6.57 Å². The number of aldehydes is 1. The molecule has 0 aromatic rings. The molecule has 0 aliphatic heterocycles. The van der Waals surface area contributed by atoms with Gasteiger partial charge in [0, 0.05) is 24.8 Å². The Bertz CT molecular complexity index is 2060. The number of nitrogens with zero attached hydrogens (tertiary/aromatic N) is 2. The van der Waals surface area contributed by atoms with Crippen LogP contribution in [0.2, 0.25) is 0 Å². The predicted octanol–water partition coefficient (Wildman–Crippen LogP) is 16.4. The van der Waals surface area contributed by atoms with Gasteiger partial charge in [0.25, 0.3) is 0 Å². The number of carbonyl (C=O) groups excluding carboxylic acids is 4. The van der Waals surface area contributed by atoms with Crippen LogP contribution in [0.25, 0.3) is 9.69 Å². The van der Waals surface area contributed by atoms with Crippen molar-refractivity contribution >= 4 is 23.6 Å². The lowest BCUT2D eigenvalue weighted by atomic mass is 9.75. The van der Waals surface area contributed by atoms with E-state index in [2.05, 4.69) is 131 Å². The van der Waals surface area contributed by atoms with Crippen molar-refractivity contribution in [2.75, 3.05) is 6.54 Å². The summed E-state index contributed by atoms with van der Waals surface area (Å²) in [6.45, 7) is 62.1. The van der Waals surface area contributed by atoms with E-state index >= 15 is 0 Å². The lowest BCUT2D eigenvalue weighted by Crippen LogP contribution is -2.22. The molecule has 6 rings (SSSR count). The zero-order valence-electron chi connectivity index (χ0n) is 44.1. The van der Waals surface area contributed by atoms with E-state index in [9.17, 15) is 19.2 Å². The van der Waals surface area contributed by atoms with Gasteiger partial charge in [-0.2, -0.15) is 0 Å². The third-order valence-corrected chi connectivity index (χ3v) is 11.7. The Morgan fingerprint density at radius 3 is 1.17 bits per heavy atom. The van der Waals surface area contributed by atoms with E-state index in [1.807, 2.05) is 26.8 Å². The summed E-state index contributed by atoms with van der Waals surface area (Å²) in [7, 11) is 0. The maximum Gasteiger partial charge on any atom is 0.236 e. The van der Waals surface area contributed by atoms with Crippen molar-refractivity contribution in [1.82, 2.24) is 0 Å². The quantitative estimate of drug-likeness (QED) is 0.209. The van der Waals surface area contributed by atoms with Crippen LogP contribution in [0.5, 0.6) is 0 Å². The highest BCUT2D eigenvalue weighted by molar-refractivity contribution is 5.97. The van der Waals surface area contributed by atoms with Crippen LogP contribution in [0.15, 0.2) is 119 Å². The Balaban J connectivity index is 0.000000397. The van der Waals surface area contributed by atoms with Crippen molar-refractivity contribution in [3.8, 4) is 0 Å². The molecule has 0 heterocycles. The molecule has 0 unspecified atom stereocenters. The van der Waals surface area contributed by atoms with Gasteiger partial charge in [-0.25, -0.2) is 11.4 Å². The Hall–Kier alpha value is -4.94. The number of ketones is 3. The predicted molar refractivity (Wildman–Crippen MR) is 279 cm³/mol. The molecule has 0 saturated carbocycles. The zero-order chi connectivity index (χ0) is 51.1. The van der Waals surface area contributed by atoms with Crippen LogP contribution >= 0.6 is 0 Å². The van der Waals surface area contributed by atoms with Crippen LogP contribution in [-0.2, 0) is 19.2 Å². The minimum atomic E-state index is -0.0257. The number of rotatable bonds is 3. The van der Waals surface area contributed by atoms with Gasteiger partial charge in [-0.3, -0.25) is 19.2 Å². The number of carbonyl (C=O) groups is 4. The molecule has 66 heavy (non-hydrogen) atoms. The first-order chi connectivity index (χ1) is 30.0. The van der Waals surface area contributed by atoms with Gasteiger partial charge in [-0.05, 0) is 140 Å². The van der Waals surface area contributed by atoms with Gasteiger partial charge in [-0.15, -0.1) is 0 Å². The monoisotopic (exact) mass is 899 g/mol. The van der Waals surface area contributed by atoms with Crippen molar-refractivity contribution in [1.29, 1.82) is 0 Å². The fourth-order valence-corrected chi connectivity index (χ4v) is 10.4. The van der Waals surface area contributed by atoms with Crippen LogP contribution in [0.3, 0.4) is 0 Å². The Morgan fingerprint density at radius 2 is 0.848 bits per heavy atom. The van der Waals surface area contributed by atoms with Gasteiger partial charge >= 0.3 is 0 Å². The van der Waals surface area contributed by atoms with Crippen molar-refractivity contribution in [2.45, 2.75) is 181 Å². The minimum Gasteiger partial charge on any atom is -0.312 e. The van der Waals surface area contributed by atoms with Crippen LogP contribution in [0, 0.1) is 45.6 Å². The number of hydrogen-bond donors (Lipinski definition) is 0. The summed E-state index contributed by atoms with van der Waals surface area (Å²) in [6.07, 6.45) is 23.4. The average molecular weight is 899 g/mol. The van der Waals surface area contributed by atoms with Crippen molar-refractivity contribution < 1.29 is 19.2 Å². The lowest BCUT2D eigenvalue weighted by Gasteiger charge is -2.30. The fraction of sp³-hybridized carbons (Fsp3) is 0.567. The molecular weight excluding hydrogens is 813 g/mol. The molecule has 0 spiro atoms. The molecule has 0 radical (unpaired) electrons. The summed E-state index contributed by atoms with van der Waals surface area (Å²) in [5.41, 5.74) is 12.5. The average Bonchev–Trinajstić information content (AvgIpc) is 3.07. The highest BCUT2D eigenvalue weighted by atomic mass is 16.1.